The maximum atomic E-state index is 14.4. The number of amides is 1. The van der Waals surface area contributed by atoms with Crippen LogP contribution in [0.15, 0.2) is 48.5 Å². The fourth-order valence-electron chi connectivity index (χ4n) is 4.19. The van der Waals surface area contributed by atoms with E-state index in [2.05, 4.69) is 9.47 Å². The normalized spacial score (nSPS) is 16.9. The highest BCUT2D eigenvalue weighted by molar-refractivity contribution is 5.79. The minimum Gasteiger partial charge on any atom is -0.444 e. The second-order valence-corrected chi connectivity index (χ2v) is 9.41. The van der Waals surface area contributed by atoms with E-state index in [0.717, 1.165) is 36.4 Å². The van der Waals surface area contributed by atoms with Crippen molar-refractivity contribution in [2.45, 2.75) is 51.8 Å². The Morgan fingerprint density at radius 3 is 2.66 bits per heavy atom. The number of imidazole rings is 1. The molecule has 2 heterocycles. The Morgan fingerprint density at radius 1 is 1.19 bits per heavy atom. The number of carbonyl (C=O) groups is 1. The molecule has 0 bridgehead atoms. The summed E-state index contributed by atoms with van der Waals surface area (Å²) in [5.74, 6) is 0.578. The highest BCUT2D eigenvalue weighted by Crippen LogP contribution is 2.28. The number of benzene rings is 2. The zero-order chi connectivity index (χ0) is 22.9. The minimum absolute atomic E-state index is 0.0142. The number of nitrogens with zero attached hydrogens (tertiary/aromatic N) is 4. The fourth-order valence-corrected chi connectivity index (χ4v) is 4.19. The highest BCUT2D eigenvalue weighted by atomic mass is 19.1. The maximum absolute atomic E-state index is 14.4. The third kappa shape index (κ3) is 4.71. The molecule has 1 amide bonds. The van der Waals surface area contributed by atoms with Crippen LogP contribution < -0.4 is 4.90 Å². The number of ether oxygens (including phenoxy) is 1. The van der Waals surface area contributed by atoms with Crippen LogP contribution in [-0.2, 0) is 11.3 Å². The second kappa shape index (κ2) is 8.81. The van der Waals surface area contributed by atoms with Gasteiger partial charge >= 0.3 is 6.09 Å². The first-order valence-corrected chi connectivity index (χ1v) is 11.1. The van der Waals surface area contributed by atoms with Gasteiger partial charge in [-0.2, -0.15) is 0 Å². The van der Waals surface area contributed by atoms with Gasteiger partial charge in [-0.05, 0) is 51.8 Å². The molecule has 1 aliphatic rings. The lowest BCUT2D eigenvalue weighted by molar-refractivity contribution is 0.0209. The number of halogens is 1. The third-order valence-corrected chi connectivity index (χ3v) is 5.83. The number of rotatable bonds is 4. The zero-order valence-corrected chi connectivity index (χ0v) is 19.2. The van der Waals surface area contributed by atoms with Crippen molar-refractivity contribution in [1.82, 2.24) is 14.5 Å². The van der Waals surface area contributed by atoms with Gasteiger partial charge in [-0.1, -0.05) is 30.3 Å². The van der Waals surface area contributed by atoms with Crippen molar-refractivity contribution in [3.05, 3.63) is 59.9 Å². The molecule has 4 rings (SSSR count). The molecule has 1 aliphatic heterocycles. The lowest BCUT2D eigenvalue weighted by Gasteiger charge is -2.38. The molecular weight excluding hydrogens is 407 g/mol. The average molecular weight is 439 g/mol. The molecule has 2 aromatic carbocycles. The van der Waals surface area contributed by atoms with E-state index in [9.17, 15) is 9.18 Å². The lowest BCUT2D eigenvalue weighted by atomic mass is 10.1. The van der Waals surface area contributed by atoms with Gasteiger partial charge in [-0.25, -0.2) is 14.2 Å². The van der Waals surface area contributed by atoms with E-state index in [1.165, 1.54) is 6.07 Å². The summed E-state index contributed by atoms with van der Waals surface area (Å²) in [6.07, 6.45) is 1.52. The Bertz CT molecular complexity index is 1100. The maximum Gasteiger partial charge on any atom is 0.410 e. The molecule has 170 valence electrons. The van der Waals surface area contributed by atoms with Gasteiger partial charge in [-0.3, -0.25) is 0 Å². The first-order chi connectivity index (χ1) is 15.2. The molecule has 3 aromatic rings. The van der Waals surface area contributed by atoms with E-state index in [4.69, 9.17) is 9.72 Å². The van der Waals surface area contributed by atoms with E-state index >= 15 is 0 Å². The van der Waals surface area contributed by atoms with Gasteiger partial charge in [0.25, 0.3) is 0 Å². The Kier molecular flexibility index (Phi) is 6.09. The fraction of sp³-hybridized carbons (Fsp3) is 0.440. The van der Waals surface area contributed by atoms with Gasteiger partial charge in [0, 0.05) is 25.7 Å². The molecule has 7 heteroatoms. The van der Waals surface area contributed by atoms with Crippen LogP contribution in [0, 0.1) is 5.82 Å². The van der Waals surface area contributed by atoms with Crippen LogP contribution >= 0.6 is 0 Å². The predicted molar refractivity (Wildman–Crippen MR) is 124 cm³/mol. The number of piperidine rings is 1. The molecule has 32 heavy (non-hydrogen) atoms. The van der Waals surface area contributed by atoms with Crippen LogP contribution in [-0.4, -0.2) is 52.3 Å². The molecule has 1 aromatic heterocycles. The Hall–Kier alpha value is -3.09. The standard InChI is InChI=1S/C25H31FN4O2/c1-25(2,3)32-24(31)28(4)19-11-9-15-29(17-19)23-27-21-13-7-8-14-22(21)30(23)16-18-10-5-6-12-20(18)26/h5-8,10,12-14,19H,9,11,15-17H2,1-4H3. The van der Waals surface area contributed by atoms with Crippen LogP contribution in [0.2, 0.25) is 0 Å². The van der Waals surface area contributed by atoms with Crippen LogP contribution in [0.25, 0.3) is 11.0 Å². The third-order valence-electron chi connectivity index (χ3n) is 5.83. The summed E-state index contributed by atoms with van der Waals surface area (Å²) in [5, 5.41) is 0. The average Bonchev–Trinajstić information content (AvgIpc) is 3.12. The molecule has 6 nitrogen and oxygen atoms in total. The molecule has 0 saturated carbocycles. The van der Waals surface area contributed by atoms with Crippen molar-refractivity contribution in [1.29, 1.82) is 0 Å². The summed E-state index contributed by atoms with van der Waals surface area (Å²) in [7, 11) is 1.80. The van der Waals surface area contributed by atoms with Gasteiger partial charge in [0.05, 0.1) is 23.6 Å². The van der Waals surface area contributed by atoms with Crippen molar-refractivity contribution in [3.8, 4) is 0 Å². The number of carbonyl (C=O) groups excluding carboxylic acids is 1. The van der Waals surface area contributed by atoms with Crippen LogP contribution in [0.4, 0.5) is 15.1 Å². The quantitative estimate of drug-likeness (QED) is 0.571. The van der Waals surface area contributed by atoms with E-state index in [-0.39, 0.29) is 18.0 Å². The molecule has 0 N–H and O–H groups in total. The van der Waals surface area contributed by atoms with Crippen molar-refractivity contribution >= 4 is 23.1 Å². The smallest absolute Gasteiger partial charge is 0.410 e. The summed E-state index contributed by atoms with van der Waals surface area (Å²) in [4.78, 5) is 21.4. The lowest BCUT2D eigenvalue weighted by Crippen LogP contribution is -2.50. The van der Waals surface area contributed by atoms with E-state index in [0.29, 0.717) is 18.7 Å². The van der Waals surface area contributed by atoms with Crippen molar-refractivity contribution in [2.75, 3.05) is 25.0 Å². The minimum atomic E-state index is -0.534. The van der Waals surface area contributed by atoms with Crippen molar-refractivity contribution < 1.29 is 13.9 Å². The SMILES string of the molecule is CN(C(=O)OC(C)(C)C)C1CCCN(c2nc3ccccc3n2Cc2ccccc2F)C1. The zero-order valence-electron chi connectivity index (χ0n) is 19.2. The summed E-state index contributed by atoms with van der Waals surface area (Å²) < 4.78 is 22.1. The van der Waals surface area contributed by atoms with Crippen molar-refractivity contribution in [2.24, 2.45) is 0 Å². The number of aromatic nitrogens is 2. The molecule has 1 unspecified atom stereocenters. The van der Waals surface area contributed by atoms with Crippen molar-refractivity contribution in [3.63, 3.8) is 0 Å². The highest BCUT2D eigenvalue weighted by Gasteiger charge is 2.31. The second-order valence-electron chi connectivity index (χ2n) is 9.41. The molecule has 1 saturated heterocycles. The first-order valence-electron chi connectivity index (χ1n) is 11.1. The Labute approximate surface area is 188 Å². The van der Waals surface area contributed by atoms with Gasteiger partial charge in [-0.15, -0.1) is 0 Å². The number of fused-ring (bicyclic) bond motifs is 1. The van der Waals surface area contributed by atoms with E-state index in [1.807, 2.05) is 57.2 Å². The molecule has 0 aliphatic carbocycles. The van der Waals surface area contributed by atoms with Gasteiger partial charge in [0.15, 0.2) is 0 Å². The molecule has 0 radical (unpaired) electrons. The summed E-state index contributed by atoms with van der Waals surface area (Å²) in [6, 6.07) is 14.8. The Morgan fingerprint density at radius 2 is 1.91 bits per heavy atom. The topological polar surface area (TPSA) is 50.6 Å². The number of para-hydroxylation sites is 2. The predicted octanol–water partition coefficient (Wildman–Crippen LogP) is 5.06. The molecule has 0 spiro atoms. The van der Waals surface area contributed by atoms with Gasteiger partial charge < -0.3 is 19.1 Å². The van der Waals surface area contributed by atoms with Gasteiger partial charge in [0.2, 0.25) is 5.95 Å². The monoisotopic (exact) mass is 438 g/mol. The largest absolute Gasteiger partial charge is 0.444 e. The van der Waals surface area contributed by atoms with Gasteiger partial charge in [0.1, 0.15) is 11.4 Å². The van der Waals surface area contributed by atoms with E-state index < -0.39 is 5.60 Å². The number of hydrogen-bond acceptors (Lipinski definition) is 4. The summed E-state index contributed by atoms with van der Waals surface area (Å²) in [6.45, 7) is 7.49. The molecule has 1 atom stereocenters. The number of anilines is 1. The number of likely N-dealkylation sites (N-methyl/N-ethyl adjacent to an activating group) is 1. The first kappa shape index (κ1) is 22.1. The summed E-state index contributed by atoms with van der Waals surface area (Å²) >= 11 is 0. The molecule has 1 fully saturated rings. The molecular formula is C25H31FN4O2. The van der Waals surface area contributed by atoms with Crippen LogP contribution in [0.5, 0.6) is 0 Å². The number of hydrogen-bond donors (Lipinski definition) is 0. The summed E-state index contributed by atoms with van der Waals surface area (Å²) in [5.41, 5.74) is 1.93. The van der Waals surface area contributed by atoms with Crippen LogP contribution in [0.1, 0.15) is 39.2 Å². The Balaban J connectivity index is 1.63. The van der Waals surface area contributed by atoms with E-state index in [1.54, 1.807) is 18.0 Å². The van der Waals surface area contributed by atoms with Crippen LogP contribution in [0.3, 0.4) is 0 Å².